The van der Waals surface area contributed by atoms with E-state index in [1.807, 2.05) is 0 Å². The number of nitrogens with two attached hydrogens (primary N) is 1. The minimum Gasteiger partial charge on any atom is -0.480 e. The van der Waals surface area contributed by atoms with Gasteiger partial charge >= 0.3 is 5.97 Å². The highest BCUT2D eigenvalue weighted by Gasteiger charge is 2.43. The van der Waals surface area contributed by atoms with Gasteiger partial charge in [0.15, 0.2) is 0 Å². The maximum Gasteiger partial charge on any atom is 0.323 e. The van der Waals surface area contributed by atoms with Crippen LogP contribution >= 0.6 is 0 Å². The standard InChI is InChI=1S/C16H28N2O2/c17-16(14(19)20)7-3-4-13(12-16)18-10-8-15(9-11-18)5-1-2-6-15/h13H,1-12,17H2,(H,19,20). The second-order valence-corrected chi connectivity index (χ2v) is 7.45. The minimum atomic E-state index is -0.981. The van der Waals surface area contributed by atoms with Gasteiger partial charge in [-0.25, -0.2) is 0 Å². The number of aliphatic carboxylic acids is 1. The van der Waals surface area contributed by atoms with Crippen LogP contribution in [0.3, 0.4) is 0 Å². The van der Waals surface area contributed by atoms with Gasteiger partial charge in [0.05, 0.1) is 0 Å². The Labute approximate surface area is 121 Å². The first kappa shape index (κ1) is 14.3. The van der Waals surface area contributed by atoms with Gasteiger partial charge in [0.1, 0.15) is 5.54 Å². The van der Waals surface area contributed by atoms with Crippen LogP contribution in [0.2, 0.25) is 0 Å². The molecule has 2 saturated carbocycles. The number of carboxylic acids is 1. The molecule has 2 atom stereocenters. The highest BCUT2D eigenvalue weighted by molar-refractivity contribution is 5.78. The van der Waals surface area contributed by atoms with E-state index in [1.54, 1.807) is 0 Å². The lowest BCUT2D eigenvalue weighted by atomic mass is 9.74. The molecule has 3 fully saturated rings. The molecule has 114 valence electrons. The molecule has 0 amide bonds. The lowest BCUT2D eigenvalue weighted by Gasteiger charge is -2.46. The summed E-state index contributed by atoms with van der Waals surface area (Å²) < 4.78 is 0. The molecule has 0 radical (unpaired) electrons. The van der Waals surface area contributed by atoms with Gasteiger partial charge in [0.25, 0.3) is 0 Å². The summed E-state index contributed by atoms with van der Waals surface area (Å²) in [5, 5.41) is 9.34. The molecule has 1 spiro atoms. The first-order valence-corrected chi connectivity index (χ1v) is 8.29. The summed E-state index contributed by atoms with van der Waals surface area (Å²) >= 11 is 0. The van der Waals surface area contributed by atoms with Crippen LogP contribution in [0.4, 0.5) is 0 Å². The summed E-state index contributed by atoms with van der Waals surface area (Å²) in [5.74, 6) is -0.813. The van der Waals surface area contributed by atoms with E-state index in [1.165, 1.54) is 38.5 Å². The van der Waals surface area contributed by atoms with Crippen LogP contribution in [0, 0.1) is 5.41 Å². The van der Waals surface area contributed by atoms with Gasteiger partial charge in [-0.3, -0.25) is 4.79 Å². The number of rotatable bonds is 2. The van der Waals surface area contributed by atoms with E-state index in [2.05, 4.69) is 4.90 Å². The number of nitrogens with zero attached hydrogens (tertiary/aromatic N) is 1. The molecule has 20 heavy (non-hydrogen) atoms. The Morgan fingerprint density at radius 2 is 1.70 bits per heavy atom. The second kappa shape index (κ2) is 5.30. The van der Waals surface area contributed by atoms with Gasteiger partial charge in [-0.05, 0) is 69.9 Å². The largest absolute Gasteiger partial charge is 0.480 e. The van der Waals surface area contributed by atoms with Crippen molar-refractivity contribution in [1.29, 1.82) is 0 Å². The molecular formula is C16H28N2O2. The first-order valence-electron chi connectivity index (χ1n) is 8.29. The monoisotopic (exact) mass is 280 g/mol. The van der Waals surface area contributed by atoms with Crippen molar-refractivity contribution in [2.75, 3.05) is 13.1 Å². The molecule has 1 heterocycles. The summed E-state index contributed by atoms with van der Waals surface area (Å²) in [4.78, 5) is 13.9. The lowest BCUT2D eigenvalue weighted by Crippen LogP contribution is -2.57. The highest BCUT2D eigenvalue weighted by Crippen LogP contribution is 2.47. The Balaban J connectivity index is 1.59. The summed E-state index contributed by atoms with van der Waals surface area (Å²) in [7, 11) is 0. The molecule has 2 aliphatic carbocycles. The van der Waals surface area contributed by atoms with Gasteiger partial charge in [0, 0.05) is 6.04 Å². The molecule has 0 aromatic heterocycles. The van der Waals surface area contributed by atoms with Crippen molar-refractivity contribution >= 4 is 5.97 Å². The molecule has 0 aromatic rings. The van der Waals surface area contributed by atoms with Crippen molar-refractivity contribution in [2.45, 2.75) is 75.8 Å². The Morgan fingerprint density at radius 1 is 1.05 bits per heavy atom. The van der Waals surface area contributed by atoms with Gasteiger partial charge in [-0.1, -0.05) is 12.8 Å². The van der Waals surface area contributed by atoms with Crippen LogP contribution in [0.1, 0.15) is 64.2 Å². The Bertz CT molecular complexity index is 369. The number of hydrogen-bond donors (Lipinski definition) is 2. The normalized spacial score (nSPS) is 38.1. The number of likely N-dealkylation sites (tertiary alicyclic amines) is 1. The zero-order valence-corrected chi connectivity index (χ0v) is 12.4. The lowest BCUT2D eigenvalue weighted by molar-refractivity contribution is -0.145. The molecule has 4 nitrogen and oxygen atoms in total. The predicted octanol–water partition coefficient (Wildman–Crippen LogP) is 2.37. The maximum atomic E-state index is 11.4. The molecule has 1 aliphatic heterocycles. The van der Waals surface area contributed by atoms with Crippen molar-refractivity contribution in [3.05, 3.63) is 0 Å². The van der Waals surface area contributed by atoms with E-state index in [0.717, 1.165) is 25.9 Å². The fourth-order valence-corrected chi connectivity index (χ4v) is 4.77. The van der Waals surface area contributed by atoms with E-state index >= 15 is 0 Å². The quantitative estimate of drug-likeness (QED) is 0.815. The zero-order chi connectivity index (χ0) is 14.2. The average molecular weight is 280 g/mol. The predicted molar refractivity (Wildman–Crippen MR) is 78.5 cm³/mol. The second-order valence-electron chi connectivity index (χ2n) is 7.45. The number of hydrogen-bond acceptors (Lipinski definition) is 3. The summed E-state index contributed by atoms with van der Waals surface area (Å²) in [6.45, 7) is 2.31. The van der Waals surface area contributed by atoms with Crippen LogP contribution in [-0.4, -0.2) is 40.6 Å². The molecule has 0 bridgehead atoms. The first-order chi connectivity index (χ1) is 9.53. The number of carboxylic acid groups (broad SMARTS) is 1. The van der Waals surface area contributed by atoms with Crippen LogP contribution < -0.4 is 5.73 Å². The summed E-state index contributed by atoms with van der Waals surface area (Å²) in [5.41, 5.74) is 5.74. The Kier molecular flexibility index (Phi) is 3.80. The van der Waals surface area contributed by atoms with Crippen LogP contribution in [0.15, 0.2) is 0 Å². The fraction of sp³-hybridized carbons (Fsp3) is 0.938. The third kappa shape index (κ3) is 2.60. The fourth-order valence-electron chi connectivity index (χ4n) is 4.77. The van der Waals surface area contributed by atoms with E-state index in [-0.39, 0.29) is 0 Å². The van der Waals surface area contributed by atoms with Crippen molar-refractivity contribution in [2.24, 2.45) is 11.1 Å². The molecule has 3 aliphatic rings. The smallest absolute Gasteiger partial charge is 0.323 e. The average Bonchev–Trinajstić information content (AvgIpc) is 2.88. The van der Waals surface area contributed by atoms with Crippen molar-refractivity contribution in [3.8, 4) is 0 Å². The Morgan fingerprint density at radius 3 is 2.30 bits per heavy atom. The number of carbonyl (C=O) groups is 1. The molecule has 3 N–H and O–H groups in total. The third-order valence-corrected chi connectivity index (χ3v) is 6.23. The highest BCUT2D eigenvalue weighted by atomic mass is 16.4. The maximum absolute atomic E-state index is 11.4. The molecule has 4 heteroatoms. The third-order valence-electron chi connectivity index (χ3n) is 6.23. The van der Waals surface area contributed by atoms with Gasteiger partial charge in [-0.2, -0.15) is 0 Å². The van der Waals surface area contributed by atoms with E-state index in [4.69, 9.17) is 5.73 Å². The van der Waals surface area contributed by atoms with E-state index in [0.29, 0.717) is 24.3 Å². The van der Waals surface area contributed by atoms with Crippen molar-refractivity contribution in [3.63, 3.8) is 0 Å². The van der Waals surface area contributed by atoms with Crippen molar-refractivity contribution < 1.29 is 9.90 Å². The molecule has 2 unspecified atom stereocenters. The molecule has 1 saturated heterocycles. The van der Waals surface area contributed by atoms with Crippen molar-refractivity contribution in [1.82, 2.24) is 4.90 Å². The van der Waals surface area contributed by atoms with Gasteiger partial charge < -0.3 is 15.7 Å². The summed E-state index contributed by atoms with van der Waals surface area (Å²) in [6, 6.07) is 0.392. The van der Waals surface area contributed by atoms with Gasteiger partial charge in [0.2, 0.25) is 0 Å². The Hall–Kier alpha value is -0.610. The van der Waals surface area contributed by atoms with Crippen LogP contribution in [-0.2, 0) is 4.79 Å². The SMILES string of the molecule is NC1(C(=O)O)CCCC(N2CCC3(CCCC3)CC2)C1. The van der Waals surface area contributed by atoms with E-state index < -0.39 is 11.5 Å². The minimum absolute atomic E-state index is 0.392. The van der Waals surface area contributed by atoms with E-state index in [9.17, 15) is 9.90 Å². The summed E-state index contributed by atoms with van der Waals surface area (Å²) in [6.07, 6.45) is 11.6. The van der Waals surface area contributed by atoms with Gasteiger partial charge in [-0.15, -0.1) is 0 Å². The molecular weight excluding hydrogens is 252 g/mol. The molecule has 3 rings (SSSR count). The molecule has 0 aromatic carbocycles. The van der Waals surface area contributed by atoms with Crippen LogP contribution in [0.25, 0.3) is 0 Å². The van der Waals surface area contributed by atoms with Crippen LogP contribution in [0.5, 0.6) is 0 Å². The zero-order valence-electron chi connectivity index (χ0n) is 12.4. The number of piperidine rings is 1. The topological polar surface area (TPSA) is 66.6 Å².